The standard InChI is InChI=1S/C18H18N2OS/c1-12-10-14-6-3-4-7-16(14)20(12)11-15-13(2)21-18(19-15)17-8-5-9-22-17/h3-9,12H,10-11H2,1-2H3. The van der Waals surface area contributed by atoms with Gasteiger partial charge in [0.1, 0.15) is 11.5 Å². The van der Waals surface area contributed by atoms with Crippen LogP contribution in [-0.2, 0) is 13.0 Å². The van der Waals surface area contributed by atoms with Gasteiger partial charge in [-0.15, -0.1) is 11.3 Å². The summed E-state index contributed by atoms with van der Waals surface area (Å²) in [6.45, 7) is 5.08. The lowest BCUT2D eigenvalue weighted by molar-refractivity contribution is 0.539. The van der Waals surface area contributed by atoms with Gasteiger partial charge in [0.05, 0.1) is 11.4 Å². The Morgan fingerprint density at radius 3 is 2.95 bits per heavy atom. The molecule has 0 spiro atoms. The van der Waals surface area contributed by atoms with Crippen molar-refractivity contribution in [3.8, 4) is 10.8 Å². The molecule has 3 aromatic rings. The lowest BCUT2D eigenvalue weighted by Gasteiger charge is -2.23. The summed E-state index contributed by atoms with van der Waals surface area (Å²) < 4.78 is 5.87. The van der Waals surface area contributed by atoms with Crippen LogP contribution in [0, 0.1) is 6.92 Å². The minimum atomic E-state index is 0.499. The maximum Gasteiger partial charge on any atom is 0.236 e. The molecule has 4 heteroatoms. The van der Waals surface area contributed by atoms with E-state index in [1.54, 1.807) is 11.3 Å². The maximum atomic E-state index is 5.87. The molecule has 112 valence electrons. The van der Waals surface area contributed by atoms with Crippen molar-refractivity contribution < 1.29 is 4.42 Å². The summed E-state index contributed by atoms with van der Waals surface area (Å²) in [6, 6.07) is 13.2. The van der Waals surface area contributed by atoms with Gasteiger partial charge in [0.2, 0.25) is 5.89 Å². The number of nitrogens with zero attached hydrogens (tertiary/aromatic N) is 2. The molecule has 0 N–H and O–H groups in total. The zero-order valence-electron chi connectivity index (χ0n) is 12.7. The van der Waals surface area contributed by atoms with Crippen LogP contribution in [0.5, 0.6) is 0 Å². The molecule has 3 nitrogen and oxygen atoms in total. The molecule has 0 saturated carbocycles. The molecule has 0 radical (unpaired) electrons. The Kier molecular flexibility index (Phi) is 3.26. The summed E-state index contributed by atoms with van der Waals surface area (Å²) in [5, 5.41) is 2.05. The fourth-order valence-electron chi connectivity index (χ4n) is 3.11. The first-order valence-corrected chi connectivity index (χ1v) is 8.45. The fraction of sp³-hybridized carbons (Fsp3) is 0.278. The van der Waals surface area contributed by atoms with E-state index in [-0.39, 0.29) is 0 Å². The summed E-state index contributed by atoms with van der Waals surface area (Å²) in [5.41, 5.74) is 3.79. The maximum absolute atomic E-state index is 5.87. The van der Waals surface area contributed by atoms with Crippen molar-refractivity contribution in [1.29, 1.82) is 0 Å². The summed E-state index contributed by atoms with van der Waals surface area (Å²) in [4.78, 5) is 8.24. The lowest BCUT2D eigenvalue weighted by Crippen LogP contribution is -2.29. The van der Waals surface area contributed by atoms with Gasteiger partial charge >= 0.3 is 0 Å². The van der Waals surface area contributed by atoms with Gasteiger partial charge in [0.15, 0.2) is 0 Å². The molecule has 22 heavy (non-hydrogen) atoms. The van der Waals surface area contributed by atoms with Gasteiger partial charge < -0.3 is 9.32 Å². The van der Waals surface area contributed by atoms with Crippen molar-refractivity contribution in [3.05, 3.63) is 58.8 Å². The van der Waals surface area contributed by atoms with Crippen molar-refractivity contribution in [2.24, 2.45) is 0 Å². The molecule has 4 rings (SSSR count). The van der Waals surface area contributed by atoms with E-state index in [1.165, 1.54) is 11.3 Å². The predicted octanol–water partition coefficient (Wildman–Crippen LogP) is 4.66. The van der Waals surface area contributed by atoms with E-state index >= 15 is 0 Å². The average Bonchev–Trinajstić information content (AvgIpc) is 3.21. The summed E-state index contributed by atoms with van der Waals surface area (Å²) in [6.07, 6.45) is 1.10. The quantitative estimate of drug-likeness (QED) is 0.704. The Morgan fingerprint density at radius 1 is 1.27 bits per heavy atom. The SMILES string of the molecule is Cc1oc(-c2cccs2)nc1CN1c2ccccc2CC1C. The van der Waals surface area contributed by atoms with Crippen LogP contribution in [0.4, 0.5) is 5.69 Å². The molecular weight excluding hydrogens is 292 g/mol. The highest BCUT2D eigenvalue weighted by molar-refractivity contribution is 7.13. The third kappa shape index (κ3) is 2.24. The van der Waals surface area contributed by atoms with E-state index < -0.39 is 0 Å². The number of para-hydroxylation sites is 1. The van der Waals surface area contributed by atoms with Crippen LogP contribution in [0.15, 0.2) is 46.2 Å². The third-order valence-corrected chi connectivity index (χ3v) is 5.15. The molecule has 1 unspecified atom stereocenters. The van der Waals surface area contributed by atoms with Gasteiger partial charge in [0, 0.05) is 11.7 Å². The predicted molar refractivity (Wildman–Crippen MR) is 90.3 cm³/mol. The molecule has 0 saturated heterocycles. The van der Waals surface area contributed by atoms with Crippen LogP contribution in [0.25, 0.3) is 10.8 Å². The van der Waals surface area contributed by atoms with Crippen LogP contribution >= 0.6 is 11.3 Å². The molecule has 1 aliphatic rings. The van der Waals surface area contributed by atoms with Gasteiger partial charge in [-0.2, -0.15) is 0 Å². The highest BCUT2D eigenvalue weighted by Gasteiger charge is 2.27. The highest BCUT2D eigenvalue weighted by Crippen LogP contribution is 2.34. The number of aryl methyl sites for hydroxylation is 1. The molecule has 1 aromatic carbocycles. The minimum Gasteiger partial charge on any atom is -0.440 e. The molecule has 3 heterocycles. The number of fused-ring (bicyclic) bond motifs is 1. The molecule has 1 atom stereocenters. The van der Waals surface area contributed by atoms with Crippen LogP contribution in [0.3, 0.4) is 0 Å². The fourth-order valence-corrected chi connectivity index (χ4v) is 3.76. The van der Waals surface area contributed by atoms with E-state index in [4.69, 9.17) is 9.40 Å². The second-order valence-electron chi connectivity index (χ2n) is 5.81. The zero-order chi connectivity index (χ0) is 15.1. The third-order valence-electron chi connectivity index (χ3n) is 4.29. The van der Waals surface area contributed by atoms with Crippen molar-refractivity contribution in [2.45, 2.75) is 32.9 Å². The van der Waals surface area contributed by atoms with Crippen molar-refractivity contribution >= 4 is 17.0 Å². The average molecular weight is 310 g/mol. The van der Waals surface area contributed by atoms with E-state index in [0.717, 1.165) is 35.2 Å². The topological polar surface area (TPSA) is 29.3 Å². The number of rotatable bonds is 3. The van der Waals surface area contributed by atoms with Crippen LogP contribution in [-0.4, -0.2) is 11.0 Å². The Bertz CT molecular complexity index is 791. The van der Waals surface area contributed by atoms with Crippen molar-refractivity contribution in [1.82, 2.24) is 4.98 Å². The second-order valence-corrected chi connectivity index (χ2v) is 6.76. The van der Waals surface area contributed by atoms with E-state index in [0.29, 0.717) is 6.04 Å². The highest BCUT2D eigenvalue weighted by atomic mass is 32.1. The van der Waals surface area contributed by atoms with Crippen LogP contribution in [0.2, 0.25) is 0 Å². The molecule has 2 aromatic heterocycles. The molecule has 0 fully saturated rings. The number of aromatic nitrogens is 1. The van der Waals surface area contributed by atoms with Gasteiger partial charge in [0.25, 0.3) is 0 Å². The number of hydrogen-bond donors (Lipinski definition) is 0. The van der Waals surface area contributed by atoms with Gasteiger partial charge in [-0.25, -0.2) is 4.98 Å². The number of anilines is 1. The Hall–Kier alpha value is -2.07. The van der Waals surface area contributed by atoms with E-state index in [9.17, 15) is 0 Å². The summed E-state index contributed by atoms with van der Waals surface area (Å²) in [7, 11) is 0. The first-order chi connectivity index (χ1) is 10.7. The van der Waals surface area contributed by atoms with Gasteiger partial charge in [-0.05, 0) is 43.3 Å². The molecule has 0 aliphatic carbocycles. The van der Waals surface area contributed by atoms with E-state index in [1.807, 2.05) is 24.4 Å². The minimum absolute atomic E-state index is 0.499. The largest absolute Gasteiger partial charge is 0.440 e. The second kappa shape index (κ2) is 5.29. The van der Waals surface area contributed by atoms with Crippen LogP contribution < -0.4 is 4.90 Å². The smallest absolute Gasteiger partial charge is 0.236 e. The summed E-state index contributed by atoms with van der Waals surface area (Å²) in [5.74, 6) is 1.66. The van der Waals surface area contributed by atoms with Crippen LogP contribution in [0.1, 0.15) is 23.9 Å². The first kappa shape index (κ1) is 13.6. The Morgan fingerprint density at radius 2 is 2.14 bits per heavy atom. The molecule has 0 amide bonds. The molecule has 0 bridgehead atoms. The lowest BCUT2D eigenvalue weighted by atomic mass is 10.1. The van der Waals surface area contributed by atoms with Gasteiger partial charge in [-0.3, -0.25) is 0 Å². The Balaban J connectivity index is 1.64. The number of oxazole rings is 1. The van der Waals surface area contributed by atoms with Crippen molar-refractivity contribution in [2.75, 3.05) is 4.90 Å². The zero-order valence-corrected chi connectivity index (χ0v) is 13.6. The van der Waals surface area contributed by atoms with Gasteiger partial charge in [-0.1, -0.05) is 24.3 Å². The normalized spacial score (nSPS) is 17.0. The molecule has 1 aliphatic heterocycles. The monoisotopic (exact) mass is 310 g/mol. The first-order valence-electron chi connectivity index (χ1n) is 7.57. The summed E-state index contributed by atoms with van der Waals surface area (Å²) >= 11 is 1.66. The number of thiophene rings is 1. The Labute approximate surface area is 134 Å². The van der Waals surface area contributed by atoms with Crippen molar-refractivity contribution in [3.63, 3.8) is 0 Å². The number of hydrogen-bond acceptors (Lipinski definition) is 4. The molecular formula is C18H18N2OS. The van der Waals surface area contributed by atoms with E-state index in [2.05, 4.69) is 36.1 Å². The number of benzene rings is 1.